The van der Waals surface area contributed by atoms with Crippen molar-refractivity contribution in [2.45, 2.75) is 45.8 Å². The lowest BCUT2D eigenvalue weighted by atomic mass is 9.96. The lowest BCUT2D eigenvalue weighted by Gasteiger charge is -2.41. The van der Waals surface area contributed by atoms with E-state index >= 15 is 0 Å². The largest absolute Gasteiger partial charge is 0.398 e. The highest BCUT2D eigenvalue weighted by atomic mass is 19.1. The molecule has 2 amide bonds. The monoisotopic (exact) mass is 487 g/mol. The molecule has 4 N–H and O–H groups in total. The number of piperidine rings is 1. The van der Waals surface area contributed by atoms with Crippen LogP contribution >= 0.6 is 0 Å². The second-order valence-corrected chi connectivity index (χ2v) is 9.67. The Morgan fingerprint density at radius 3 is 2.75 bits per heavy atom. The van der Waals surface area contributed by atoms with Gasteiger partial charge in [-0.3, -0.25) is 10.3 Å². The summed E-state index contributed by atoms with van der Waals surface area (Å²) in [5, 5.41) is 11.6. The average molecular weight is 488 g/mol. The molecule has 0 aliphatic carbocycles. The number of likely N-dealkylation sites (tertiary alicyclic amines) is 1. The van der Waals surface area contributed by atoms with Gasteiger partial charge in [0.05, 0.1) is 5.71 Å². The zero-order chi connectivity index (χ0) is 25.4. The second kappa shape index (κ2) is 9.66. The molecular weight excluding hydrogens is 457 g/mol. The molecule has 2 aromatic carbocycles. The maximum absolute atomic E-state index is 14.4. The summed E-state index contributed by atoms with van der Waals surface area (Å²) in [5.41, 5.74) is 11.2. The van der Waals surface area contributed by atoms with Crippen molar-refractivity contribution in [3.8, 4) is 0 Å². The predicted molar refractivity (Wildman–Crippen MR) is 138 cm³/mol. The topological polar surface area (TPSA) is 111 Å². The Balaban J connectivity index is 1.34. The van der Waals surface area contributed by atoms with Crippen LogP contribution in [0, 0.1) is 25.1 Å². The molecule has 0 bridgehead atoms. The number of nitrogen functional groups attached to an aromatic ring is 1. The van der Waals surface area contributed by atoms with Gasteiger partial charge < -0.3 is 16.0 Å². The molecule has 1 saturated heterocycles. The summed E-state index contributed by atoms with van der Waals surface area (Å²) in [6.45, 7) is 6.16. The van der Waals surface area contributed by atoms with E-state index in [4.69, 9.17) is 11.1 Å². The summed E-state index contributed by atoms with van der Waals surface area (Å²) in [6, 6.07) is 8.78. The molecule has 1 fully saturated rings. The molecule has 8 nitrogen and oxygen atoms in total. The number of anilines is 2. The zero-order valence-corrected chi connectivity index (χ0v) is 20.5. The highest BCUT2D eigenvalue weighted by Gasteiger charge is 2.33. The first-order chi connectivity index (χ1) is 17.3. The van der Waals surface area contributed by atoms with Crippen LogP contribution in [-0.4, -0.2) is 50.6 Å². The molecule has 5 rings (SSSR count). The molecule has 0 unspecified atom stereocenters. The number of urea groups is 1. The van der Waals surface area contributed by atoms with Gasteiger partial charge >= 0.3 is 6.03 Å². The molecule has 2 aliphatic heterocycles. The van der Waals surface area contributed by atoms with Gasteiger partial charge in [0, 0.05) is 66.1 Å². The highest BCUT2D eigenvalue weighted by molar-refractivity contribution is 6.14. The number of aromatic nitrogens is 2. The van der Waals surface area contributed by atoms with Crippen molar-refractivity contribution in [1.29, 1.82) is 5.41 Å². The van der Waals surface area contributed by atoms with Crippen molar-refractivity contribution in [3.63, 3.8) is 0 Å². The summed E-state index contributed by atoms with van der Waals surface area (Å²) >= 11 is 0. The van der Waals surface area contributed by atoms with Gasteiger partial charge in [-0.05, 0) is 62.6 Å². The SMILES string of the molecule is Cc1ccc(CN2CCC[C@@H](N3Cc4cc(C(=N)c5cnc(C)nc5)c(N)cc4NC3=O)C2)c(F)c1. The Kier molecular flexibility index (Phi) is 6.40. The van der Waals surface area contributed by atoms with E-state index in [1.54, 1.807) is 31.5 Å². The number of nitrogens with two attached hydrogens (primary N) is 1. The molecule has 9 heteroatoms. The molecular formula is C27H30FN7O. The van der Waals surface area contributed by atoms with Crippen molar-refractivity contribution in [1.82, 2.24) is 19.8 Å². The molecule has 0 spiro atoms. The van der Waals surface area contributed by atoms with Crippen LogP contribution < -0.4 is 11.1 Å². The summed E-state index contributed by atoms with van der Waals surface area (Å²) in [7, 11) is 0. The van der Waals surface area contributed by atoms with Gasteiger partial charge in [0.25, 0.3) is 0 Å². The molecule has 0 radical (unpaired) electrons. The van der Waals surface area contributed by atoms with Crippen LogP contribution in [0.4, 0.5) is 20.6 Å². The summed E-state index contributed by atoms with van der Waals surface area (Å²) in [4.78, 5) is 25.5. The van der Waals surface area contributed by atoms with Crippen LogP contribution in [0.25, 0.3) is 0 Å². The molecule has 3 aromatic rings. The van der Waals surface area contributed by atoms with Crippen molar-refractivity contribution >= 4 is 23.1 Å². The van der Waals surface area contributed by atoms with Crippen molar-refractivity contribution < 1.29 is 9.18 Å². The molecule has 1 atom stereocenters. The van der Waals surface area contributed by atoms with Crippen molar-refractivity contribution in [2.24, 2.45) is 0 Å². The third-order valence-electron chi connectivity index (χ3n) is 6.98. The first kappa shape index (κ1) is 23.9. The number of halogens is 1. The van der Waals surface area contributed by atoms with E-state index in [1.165, 1.54) is 0 Å². The lowest BCUT2D eigenvalue weighted by molar-refractivity contribution is 0.107. The van der Waals surface area contributed by atoms with Crippen molar-refractivity contribution in [2.75, 3.05) is 24.1 Å². The minimum atomic E-state index is -0.187. The zero-order valence-electron chi connectivity index (χ0n) is 20.5. The number of carbonyl (C=O) groups is 1. The smallest absolute Gasteiger partial charge is 0.322 e. The maximum Gasteiger partial charge on any atom is 0.322 e. The number of carbonyl (C=O) groups excluding carboxylic acids is 1. The van der Waals surface area contributed by atoms with Crippen LogP contribution in [0.1, 0.15) is 46.5 Å². The molecule has 1 aromatic heterocycles. The fourth-order valence-electron chi connectivity index (χ4n) is 4.99. The second-order valence-electron chi connectivity index (χ2n) is 9.67. The molecule has 3 heterocycles. The summed E-state index contributed by atoms with van der Waals surface area (Å²) in [6.07, 6.45) is 5.05. The van der Waals surface area contributed by atoms with Gasteiger partial charge in [0.1, 0.15) is 11.6 Å². The van der Waals surface area contributed by atoms with Crippen LogP contribution in [0.15, 0.2) is 42.7 Å². The van der Waals surface area contributed by atoms with E-state index in [-0.39, 0.29) is 23.6 Å². The number of rotatable bonds is 5. The van der Waals surface area contributed by atoms with Crippen LogP contribution in [-0.2, 0) is 13.1 Å². The average Bonchev–Trinajstić information content (AvgIpc) is 2.85. The lowest BCUT2D eigenvalue weighted by Crippen LogP contribution is -2.52. The number of nitrogens with zero attached hydrogens (tertiary/aromatic N) is 4. The first-order valence-corrected chi connectivity index (χ1v) is 12.1. The molecule has 2 aliphatic rings. The Bertz CT molecular complexity index is 1320. The number of benzene rings is 2. The van der Waals surface area contributed by atoms with Gasteiger partial charge in [-0.2, -0.15) is 0 Å². The van der Waals surface area contributed by atoms with E-state index in [0.29, 0.717) is 53.5 Å². The van der Waals surface area contributed by atoms with E-state index in [0.717, 1.165) is 30.5 Å². The van der Waals surface area contributed by atoms with Gasteiger partial charge in [-0.25, -0.2) is 19.2 Å². The Labute approximate surface area is 209 Å². The number of nitrogens with one attached hydrogen (secondary N) is 2. The Morgan fingerprint density at radius 2 is 2.00 bits per heavy atom. The van der Waals surface area contributed by atoms with Gasteiger partial charge in [0.15, 0.2) is 0 Å². The minimum Gasteiger partial charge on any atom is -0.398 e. The van der Waals surface area contributed by atoms with E-state index in [2.05, 4.69) is 20.2 Å². The number of amides is 2. The molecule has 36 heavy (non-hydrogen) atoms. The quantitative estimate of drug-likeness (QED) is 0.368. The van der Waals surface area contributed by atoms with Crippen LogP contribution in [0.3, 0.4) is 0 Å². The highest BCUT2D eigenvalue weighted by Crippen LogP contribution is 2.32. The third-order valence-corrected chi connectivity index (χ3v) is 6.98. The van der Waals surface area contributed by atoms with Gasteiger partial charge in [-0.15, -0.1) is 0 Å². The number of fused-ring (bicyclic) bond motifs is 1. The van der Waals surface area contributed by atoms with Gasteiger partial charge in [0.2, 0.25) is 0 Å². The summed E-state index contributed by atoms with van der Waals surface area (Å²) in [5.74, 6) is 0.447. The standard InChI is InChI=1S/C27H30FN7O/c1-16-5-6-18(23(28)8-16)13-34-7-3-4-21(15-34)35-14-19-9-22(24(29)10-25(19)33-27(35)36)26(30)20-11-31-17(2)32-12-20/h5-6,8-12,21,30H,3-4,7,13-15,29H2,1-2H3,(H,33,36)/t21-/m1/s1. The van der Waals surface area contributed by atoms with Gasteiger partial charge in [-0.1, -0.05) is 12.1 Å². The number of hydrogen-bond acceptors (Lipinski definition) is 6. The van der Waals surface area contributed by atoms with Crippen molar-refractivity contribution in [3.05, 3.63) is 82.2 Å². The van der Waals surface area contributed by atoms with E-state index in [9.17, 15) is 9.18 Å². The fraction of sp³-hybridized carbons (Fsp3) is 0.333. The van der Waals surface area contributed by atoms with E-state index < -0.39 is 0 Å². The van der Waals surface area contributed by atoms with Crippen LogP contribution in [0.2, 0.25) is 0 Å². The molecule has 0 saturated carbocycles. The Morgan fingerprint density at radius 1 is 1.22 bits per heavy atom. The first-order valence-electron chi connectivity index (χ1n) is 12.1. The maximum atomic E-state index is 14.4. The van der Waals surface area contributed by atoms with Crippen LogP contribution in [0.5, 0.6) is 0 Å². The molecule has 186 valence electrons. The summed E-state index contributed by atoms with van der Waals surface area (Å²) < 4.78 is 14.4. The normalized spacial score (nSPS) is 18.0. The number of hydrogen-bond donors (Lipinski definition) is 3. The third kappa shape index (κ3) is 4.79. The predicted octanol–water partition coefficient (Wildman–Crippen LogP) is 4.24. The minimum absolute atomic E-state index is 0.00589. The Hall–Kier alpha value is -3.85. The van der Waals surface area contributed by atoms with E-state index in [1.807, 2.05) is 30.0 Å². The number of aryl methyl sites for hydroxylation is 2. The fourth-order valence-corrected chi connectivity index (χ4v) is 4.99.